The van der Waals surface area contributed by atoms with Crippen molar-refractivity contribution in [2.45, 2.75) is 13.0 Å². The van der Waals surface area contributed by atoms with E-state index in [1.165, 1.54) is 6.92 Å². The van der Waals surface area contributed by atoms with Crippen LogP contribution < -0.4 is 0 Å². The van der Waals surface area contributed by atoms with E-state index in [1.54, 1.807) is 19.0 Å². The predicted molar refractivity (Wildman–Crippen MR) is 61.3 cm³/mol. The number of carbonyl (C=O) groups is 2. The van der Waals surface area contributed by atoms with E-state index in [9.17, 15) is 14.7 Å². The number of esters is 2. The lowest BCUT2D eigenvalue weighted by Crippen LogP contribution is -2.29. The molecule has 1 unspecified atom stereocenters. The maximum atomic E-state index is 11.1. The largest absolute Gasteiger partial charge is 0.462 e. The number of carbonyl (C=O) groups excluding carboxylic acids is 2. The van der Waals surface area contributed by atoms with Crippen LogP contribution in [0.25, 0.3) is 0 Å². The van der Waals surface area contributed by atoms with Gasteiger partial charge in [0.25, 0.3) is 0 Å². The molecule has 0 bridgehead atoms. The van der Waals surface area contributed by atoms with Gasteiger partial charge in [0.1, 0.15) is 19.3 Å². The van der Waals surface area contributed by atoms with Gasteiger partial charge >= 0.3 is 11.9 Å². The summed E-state index contributed by atoms with van der Waals surface area (Å²) >= 11 is 0. The Hall–Kier alpha value is -1.40. The van der Waals surface area contributed by atoms with Gasteiger partial charge in [-0.25, -0.2) is 4.79 Å². The lowest BCUT2D eigenvalue weighted by atomic mass is 10.3. The van der Waals surface area contributed by atoms with Crippen molar-refractivity contribution in [1.29, 1.82) is 0 Å². The Morgan fingerprint density at radius 2 is 1.82 bits per heavy atom. The molecule has 0 aromatic carbocycles. The van der Waals surface area contributed by atoms with Crippen molar-refractivity contribution < 1.29 is 24.2 Å². The molecule has 0 amide bonds. The van der Waals surface area contributed by atoms with Crippen LogP contribution in [-0.4, -0.2) is 61.9 Å². The molecule has 0 saturated heterocycles. The topological polar surface area (TPSA) is 76.1 Å². The maximum absolute atomic E-state index is 11.1. The van der Waals surface area contributed by atoms with Crippen molar-refractivity contribution in [3.63, 3.8) is 0 Å². The van der Waals surface area contributed by atoms with Gasteiger partial charge in [0.2, 0.25) is 0 Å². The first kappa shape index (κ1) is 15.6. The van der Waals surface area contributed by atoms with Crippen molar-refractivity contribution in [2.24, 2.45) is 0 Å². The number of hydrogen-bond acceptors (Lipinski definition) is 6. The smallest absolute Gasteiger partial charge is 0.333 e. The molecule has 0 rings (SSSR count). The molecule has 98 valence electrons. The summed E-state index contributed by atoms with van der Waals surface area (Å²) in [6.45, 7) is 4.62. The van der Waals surface area contributed by atoms with Gasteiger partial charge in [0.15, 0.2) is 0 Å². The second-order valence-electron chi connectivity index (χ2n) is 3.95. The van der Waals surface area contributed by atoms with Crippen LogP contribution in [0.1, 0.15) is 6.92 Å². The molecule has 6 nitrogen and oxygen atoms in total. The fourth-order valence-electron chi connectivity index (χ4n) is 0.836. The summed E-state index contributed by atoms with van der Waals surface area (Å²) in [7, 11) is 3.46. The molecule has 1 N–H and O–H groups in total. The molecular weight excluding hydrogens is 226 g/mol. The number of likely N-dealkylation sites (N-methyl/N-ethyl adjacent to an activating group) is 1. The molecule has 1 atom stereocenters. The van der Waals surface area contributed by atoms with Crippen molar-refractivity contribution in [2.75, 3.05) is 33.9 Å². The average Bonchev–Trinajstić information content (AvgIpc) is 2.21. The van der Waals surface area contributed by atoms with Gasteiger partial charge < -0.3 is 14.6 Å². The zero-order chi connectivity index (χ0) is 13.4. The highest BCUT2D eigenvalue weighted by atomic mass is 16.6. The van der Waals surface area contributed by atoms with Crippen LogP contribution in [0.5, 0.6) is 0 Å². The normalized spacial score (nSPS) is 12.1. The van der Waals surface area contributed by atoms with Gasteiger partial charge in [0, 0.05) is 5.57 Å². The van der Waals surface area contributed by atoms with Crippen molar-refractivity contribution in [3.05, 3.63) is 12.2 Å². The van der Waals surface area contributed by atoms with Crippen LogP contribution in [-0.2, 0) is 19.1 Å². The Morgan fingerprint density at radius 1 is 1.29 bits per heavy atom. The molecule has 0 aromatic heterocycles. The van der Waals surface area contributed by atoms with E-state index in [0.717, 1.165) is 0 Å². The fourth-order valence-corrected chi connectivity index (χ4v) is 0.836. The standard InChI is InChI=1S/C11H19NO5/c1-8(2)11(15)17-7-9(13)6-16-10(14)5-12(3)4/h9,13H,1,5-7H2,2-4H3. The fraction of sp³-hybridized carbons (Fsp3) is 0.636. The minimum absolute atomic E-state index is 0.137. The first-order valence-corrected chi connectivity index (χ1v) is 5.14. The first-order valence-electron chi connectivity index (χ1n) is 5.14. The predicted octanol–water partition coefficient (Wildman–Crippen LogP) is -0.429. The van der Waals surface area contributed by atoms with E-state index in [0.29, 0.717) is 0 Å². The van der Waals surface area contributed by atoms with Crippen LogP contribution in [0.15, 0.2) is 12.2 Å². The maximum Gasteiger partial charge on any atom is 0.333 e. The molecule has 0 aliphatic heterocycles. The van der Waals surface area contributed by atoms with E-state index in [-0.39, 0.29) is 25.3 Å². The lowest BCUT2D eigenvalue weighted by Gasteiger charge is -2.13. The highest BCUT2D eigenvalue weighted by Gasteiger charge is 2.12. The molecule has 0 fully saturated rings. The minimum atomic E-state index is -1.02. The summed E-state index contributed by atoms with van der Waals surface area (Å²) in [6, 6.07) is 0. The molecule has 0 spiro atoms. The first-order chi connectivity index (χ1) is 7.82. The molecule has 17 heavy (non-hydrogen) atoms. The zero-order valence-corrected chi connectivity index (χ0v) is 10.4. The third-order valence-electron chi connectivity index (χ3n) is 1.64. The molecule has 0 aromatic rings. The SMILES string of the molecule is C=C(C)C(=O)OCC(O)COC(=O)CN(C)C. The van der Waals surface area contributed by atoms with Gasteiger partial charge in [0.05, 0.1) is 6.54 Å². The van der Waals surface area contributed by atoms with Crippen LogP contribution in [0.4, 0.5) is 0 Å². The minimum Gasteiger partial charge on any atom is -0.462 e. The molecule has 0 saturated carbocycles. The quantitative estimate of drug-likeness (QED) is 0.484. The monoisotopic (exact) mass is 245 g/mol. The van der Waals surface area contributed by atoms with Crippen molar-refractivity contribution in [1.82, 2.24) is 4.90 Å². The van der Waals surface area contributed by atoms with Gasteiger partial charge in [-0.2, -0.15) is 0 Å². The number of ether oxygens (including phenoxy) is 2. The molecule has 0 heterocycles. The Balaban J connectivity index is 3.73. The Labute approximate surface area is 101 Å². The van der Waals surface area contributed by atoms with Gasteiger partial charge in [-0.1, -0.05) is 6.58 Å². The summed E-state index contributed by atoms with van der Waals surface area (Å²) in [5.41, 5.74) is 0.252. The molecule has 0 radical (unpaired) electrons. The van der Waals surface area contributed by atoms with Gasteiger partial charge in [-0.3, -0.25) is 9.69 Å². The summed E-state index contributed by atoms with van der Waals surface area (Å²) in [4.78, 5) is 23.7. The number of nitrogens with zero attached hydrogens (tertiary/aromatic N) is 1. The molecule has 6 heteroatoms. The van der Waals surface area contributed by atoms with Crippen LogP contribution in [0.3, 0.4) is 0 Å². The van der Waals surface area contributed by atoms with Crippen LogP contribution in [0.2, 0.25) is 0 Å². The van der Waals surface area contributed by atoms with E-state index in [1.807, 2.05) is 0 Å². The molecular formula is C11H19NO5. The van der Waals surface area contributed by atoms with Crippen LogP contribution >= 0.6 is 0 Å². The Kier molecular flexibility index (Phi) is 7.16. The highest BCUT2D eigenvalue weighted by molar-refractivity contribution is 5.86. The highest BCUT2D eigenvalue weighted by Crippen LogP contribution is 1.95. The summed E-state index contributed by atoms with van der Waals surface area (Å²) in [5, 5.41) is 9.37. The van der Waals surface area contributed by atoms with Crippen molar-refractivity contribution in [3.8, 4) is 0 Å². The average molecular weight is 245 g/mol. The Morgan fingerprint density at radius 3 is 2.29 bits per heavy atom. The number of rotatable bonds is 7. The van der Waals surface area contributed by atoms with Crippen LogP contribution in [0, 0.1) is 0 Å². The summed E-state index contributed by atoms with van der Waals surface area (Å²) in [6.07, 6.45) is -1.02. The third kappa shape index (κ3) is 8.41. The molecule has 0 aliphatic carbocycles. The summed E-state index contributed by atoms with van der Waals surface area (Å²) in [5.74, 6) is -1.02. The number of hydrogen-bond donors (Lipinski definition) is 1. The van der Waals surface area contributed by atoms with E-state index in [2.05, 4.69) is 11.3 Å². The lowest BCUT2D eigenvalue weighted by molar-refractivity contribution is -0.150. The zero-order valence-electron chi connectivity index (χ0n) is 10.4. The number of aliphatic hydroxyl groups excluding tert-OH is 1. The van der Waals surface area contributed by atoms with Gasteiger partial charge in [-0.05, 0) is 21.0 Å². The van der Waals surface area contributed by atoms with Gasteiger partial charge in [-0.15, -0.1) is 0 Å². The van der Waals surface area contributed by atoms with E-state index in [4.69, 9.17) is 4.74 Å². The summed E-state index contributed by atoms with van der Waals surface area (Å²) < 4.78 is 9.45. The van der Waals surface area contributed by atoms with E-state index >= 15 is 0 Å². The number of aliphatic hydroxyl groups is 1. The second kappa shape index (κ2) is 7.81. The molecule has 0 aliphatic rings. The van der Waals surface area contributed by atoms with E-state index < -0.39 is 18.0 Å². The third-order valence-corrected chi connectivity index (χ3v) is 1.64. The van der Waals surface area contributed by atoms with Crippen molar-refractivity contribution >= 4 is 11.9 Å². The second-order valence-corrected chi connectivity index (χ2v) is 3.95. The Bertz CT molecular complexity index is 288.